The first kappa shape index (κ1) is 13.7. The summed E-state index contributed by atoms with van der Waals surface area (Å²) in [6.45, 7) is 2.80. The first-order valence-corrected chi connectivity index (χ1v) is 6.90. The molecule has 0 aliphatic carbocycles. The summed E-state index contributed by atoms with van der Waals surface area (Å²) in [6.07, 6.45) is 0.922. The van der Waals surface area contributed by atoms with Crippen LogP contribution in [0.4, 0.5) is 0 Å². The zero-order valence-electron chi connectivity index (χ0n) is 10.8. The van der Waals surface area contributed by atoms with Crippen molar-refractivity contribution in [1.29, 1.82) is 0 Å². The van der Waals surface area contributed by atoms with Gasteiger partial charge < -0.3 is 14.4 Å². The third-order valence-corrected chi connectivity index (χ3v) is 3.47. The van der Waals surface area contributed by atoms with Gasteiger partial charge in [-0.05, 0) is 12.5 Å². The fourth-order valence-corrected chi connectivity index (χ4v) is 2.49. The molecule has 2 heterocycles. The van der Waals surface area contributed by atoms with Crippen molar-refractivity contribution in [3.63, 3.8) is 0 Å². The SMILES string of the molecule is CCCn1c(SCC(=O)O)nc2ccc(OC)nc21. The van der Waals surface area contributed by atoms with Gasteiger partial charge in [-0.25, -0.2) is 4.98 Å². The van der Waals surface area contributed by atoms with Gasteiger partial charge in [0.05, 0.1) is 12.9 Å². The van der Waals surface area contributed by atoms with E-state index < -0.39 is 5.97 Å². The van der Waals surface area contributed by atoms with Crippen LogP contribution in [0.15, 0.2) is 17.3 Å². The number of methoxy groups -OCH3 is 1. The number of fused-ring (bicyclic) bond motifs is 1. The van der Waals surface area contributed by atoms with Gasteiger partial charge in [0.1, 0.15) is 5.52 Å². The molecule has 2 aromatic rings. The summed E-state index contributed by atoms with van der Waals surface area (Å²) in [6, 6.07) is 3.58. The van der Waals surface area contributed by atoms with Crippen LogP contribution in [0.1, 0.15) is 13.3 Å². The molecule has 0 fully saturated rings. The van der Waals surface area contributed by atoms with Crippen LogP contribution in [-0.2, 0) is 11.3 Å². The Hall–Kier alpha value is -1.76. The van der Waals surface area contributed by atoms with Gasteiger partial charge in [-0.3, -0.25) is 4.79 Å². The minimum absolute atomic E-state index is 0.00975. The van der Waals surface area contributed by atoms with Gasteiger partial charge in [-0.2, -0.15) is 4.98 Å². The van der Waals surface area contributed by atoms with Crippen LogP contribution in [0.25, 0.3) is 11.2 Å². The van der Waals surface area contributed by atoms with E-state index in [4.69, 9.17) is 9.84 Å². The van der Waals surface area contributed by atoms with Gasteiger partial charge in [-0.1, -0.05) is 18.7 Å². The third-order valence-electron chi connectivity index (χ3n) is 2.51. The molecule has 2 aromatic heterocycles. The average Bonchev–Trinajstić information content (AvgIpc) is 2.74. The van der Waals surface area contributed by atoms with Crippen molar-refractivity contribution < 1.29 is 14.6 Å². The number of aromatic nitrogens is 3. The van der Waals surface area contributed by atoms with Crippen molar-refractivity contribution in [2.75, 3.05) is 12.9 Å². The number of pyridine rings is 1. The molecule has 7 heteroatoms. The average molecular weight is 281 g/mol. The molecular weight excluding hydrogens is 266 g/mol. The predicted octanol–water partition coefficient (Wildman–Crippen LogP) is 2.03. The summed E-state index contributed by atoms with van der Waals surface area (Å²) in [5.74, 6) is -0.338. The molecule has 0 aliphatic heterocycles. The van der Waals surface area contributed by atoms with Crippen LogP contribution in [-0.4, -0.2) is 38.5 Å². The highest BCUT2D eigenvalue weighted by Crippen LogP contribution is 2.24. The maximum Gasteiger partial charge on any atom is 0.313 e. The van der Waals surface area contributed by atoms with Crippen molar-refractivity contribution >= 4 is 28.9 Å². The molecule has 0 aliphatic rings. The van der Waals surface area contributed by atoms with Crippen molar-refractivity contribution in [1.82, 2.24) is 14.5 Å². The number of carbonyl (C=O) groups is 1. The van der Waals surface area contributed by atoms with E-state index in [9.17, 15) is 4.79 Å². The Bertz CT molecular complexity index is 597. The van der Waals surface area contributed by atoms with Crippen LogP contribution in [0.3, 0.4) is 0 Å². The normalized spacial score (nSPS) is 10.8. The number of aryl methyl sites for hydroxylation is 1. The number of hydrogen-bond acceptors (Lipinski definition) is 5. The molecule has 1 N–H and O–H groups in total. The molecule has 0 bridgehead atoms. The van der Waals surface area contributed by atoms with E-state index in [1.54, 1.807) is 13.2 Å². The zero-order chi connectivity index (χ0) is 13.8. The second-order valence-corrected chi connectivity index (χ2v) is 4.87. The fourth-order valence-electron chi connectivity index (χ4n) is 1.74. The summed E-state index contributed by atoms with van der Waals surface area (Å²) in [5.41, 5.74) is 1.48. The van der Waals surface area contributed by atoms with Crippen molar-refractivity contribution in [2.45, 2.75) is 25.0 Å². The topological polar surface area (TPSA) is 77.2 Å². The van der Waals surface area contributed by atoms with Gasteiger partial charge in [0.25, 0.3) is 0 Å². The van der Waals surface area contributed by atoms with Crippen molar-refractivity contribution in [3.05, 3.63) is 12.1 Å². The maximum absolute atomic E-state index is 10.7. The second kappa shape index (κ2) is 5.92. The van der Waals surface area contributed by atoms with E-state index in [-0.39, 0.29) is 5.75 Å². The van der Waals surface area contributed by atoms with E-state index in [1.807, 2.05) is 10.6 Å². The van der Waals surface area contributed by atoms with Crippen LogP contribution < -0.4 is 4.74 Å². The monoisotopic (exact) mass is 281 g/mol. The van der Waals surface area contributed by atoms with Crippen LogP contribution >= 0.6 is 11.8 Å². The molecule has 6 nitrogen and oxygen atoms in total. The Morgan fingerprint density at radius 1 is 1.47 bits per heavy atom. The molecule has 0 spiro atoms. The minimum Gasteiger partial charge on any atom is -0.481 e. The lowest BCUT2D eigenvalue weighted by Crippen LogP contribution is -2.03. The van der Waals surface area contributed by atoms with Crippen LogP contribution in [0.2, 0.25) is 0 Å². The largest absolute Gasteiger partial charge is 0.481 e. The Balaban J connectivity index is 2.44. The van der Waals surface area contributed by atoms with E-state index in [0.717, 1.165) is 24.1 Å². The predicted molar refractivity (Wildman–Crippen MR) is 72.7 cm³/mol. The number of imidazole rings is 1. The lowest BCUT2D eigenvalue weighted by Gasteiger charge is -2.06. The number of carboxylic acid groups (broad SMARTS) is 1. The number of rotatable bonds is 6. The molecule has 2 rings (SSSR count). The Morgan fingerprint density at radius 2 is 2.26 bits per heavy atom. The summed E-state index contributed by atoms with van der Waals surface area (Å²) >= 11 is 1.21. The zero-order valence-corrected chi connectivity index (χ0v) is 11.6. The van der Waals surface area contributed by atoms with Crippen molar-refractivity contribution in [3.8, 4) is 5.88 Å². The number of nitrogens with zero attached hydrogens (tertiary/aromatic N) is 3. The summed E-state index contributed by atoms with van der Waals surface area (Å²) in [4.78, 5) is 19.5. The van der Waals surface area contributed by atoms with E-state index in [0.29, 0.717) is 11.0 Å². The minimum atomic E-state index is -0.856. The van der Waals surface area contributed by atoms with E-state index in [2.05, 4.69) is 16.9 Å². The highest BCUT2D eigenvalue weighted by Gasteiger charge is 2.14. The molecule has 0 saturated heterocycles. The van der Waals surface area contributed by atoms with Gasteiger partial charge in [0.2, 0.25) is 5.88 Å². The molecule has 0 saturated carbocycles. The summed E-state index contributed by atoms with van der Waals surface area (Å²) < 4.78 is 7.05. The summed E-state index contributed by atoms with van der Waals surface area (Å²) in [7, 11) is 1.56. The number of carboxylic acids is 1. The number of hydrogen-bond donors (Lipinski definition) is 1. The van der Waals surface area contributed by atoms with Crippen molar-refractivity contribution in [2.24, 2.45) is 0 Å². The number of aliphatic carboxylic acids is 1. The van der Waals surface area contributed by atoms with E-state index in [1.165, 1.54) is 11.8 Å². The van der Waals surface area contributed by atoms with E-state index >= 15 is 0 Å². The highest BCUT2D eigenvalue weighted by atomic mass is 32.2. The smallest absolute Gasteiger partial charge is 0.313 e. The number of thioether (sulfide) groups is 1. The Morgan fingerprint density at radius 3 is 2.89 bits per heavy atom. The second-order valence-electron chi connectivity index (χ2n) is 3.92. The van der Waals surface area contributed by atoms with Gasteiger partial charge in [-0.15, -0.1) is 0 Å². The highest BCUT2D eigenvalue weighted by molar-refractivity contribution is 7.99. The molecule has 0 unspecified atom stereocenters. The molecular formula is C12H15N3O3S. The quantitative estimate of drug-likeness (QED) is 0.816. The van der Waals surface area contributed by atoms with Gasteiger partial charge in [0, 0.05) is 12.6 Å². The molecule has 19 heavy (non-hydrogen) atoms. The number of ether oxygens (including phenoxy) is 1. The first-order chi connectivity index (χ1) is 9.15. The molecule has 0 amide bonds. The van der Waals surface area contributed by atoms with Crippen LogP contribution in [0.5, 0.6) is 5.88 Å². The van der Waals surface area contributed by atoms with Gasteiger partial charge >= 0.3 is 5.97 Å². The molecule has 0 atom stereocenters. The molecule has 102 valence electrons. The fraction of sp³-hybridized carbons (Fsp3) is 0.417. The Kier molecular flexibility index (Phi) is 4.26. The molecule has 0 radical (unpaired) electrons. The lowest BCUT2D eigenvalue weighted by atomic mass is 10.4. The van der Waals surface area contributed by atoms with Gasteiger partial charge in [0.15, 0.2) is 10.8 Å². The maximum atomic E-state index is 10.7. The first-order valence-electron chi connectivity index (χ1n) is 5.91. The van der Waals surface area contributed by atoms with Crippen LogP contribution in [0, 0.1) is 0 Å². The molecule has 0 aromatic carbocycles. The standard InChI is InChI=1S/C12H15N3O3S/c1-3-6-15-11-8(4-5-9(14-11)18-2)13-12(15)19-7-10(16)17/h4-5H,3,6-7H2,1-2H3,(H,16,17). The Labute approximate surface area is 114 Å². The summed E-state index contributed by atoms with van der Waals surface area (Å²) in [5, 5.41) is 9.44. The lowest BCUT2D eigenvalue weighted by molar-refractivity contribution is -0.133. The third kappa shape index (κ3) is 2.98.